The summed E-state index contributed by atoms with van der Waals surface area (Å²) in [5.41, 5.74) is -2.46. The summed E-state index contributed by atoms with van der Waals surface area (Å²) in [5, 5.41) is 28.8. The van der Waals surface area contributed by atoms with Crippen LogP contribution in [0.4, 0.5) is 0 Å². The summed E-state index contributed by atoms with van der Waals surface area (Å²) in [7, 11) is 0. The predicted molar refractivity (Wildman–Crippen MR) is 59.6 cm³/mol. The van der Waals surface area contributed by atoms with Crippen LogP contribution >= 0.6 is 0 Å². The minimum atomic E-state index is -2.42. The normalized spacial score (nSPS) is 13.6. The lowest BCUT2D eigenvalue weighted by atomic mass is 9.86. The van der Waals surface area contributed by atoms with Gasteiger partial charge in [0.2, 0.25) is 0 Å². The molecule has 0 spiro atoms. The standard InChI is InChI=1S/C11H11NO6/c13-9(14)6-7-11(10(15)16,12(17)18)8-4-2-1-3-5-8/h1-5H,6-7H2,(H,13,14)(H,15,16). The number of nitro groups is 1. The lowest BCUT2D eigenvalue weighted by molar-refractivity contribution is -0.565. The van der Waals surface area contributed by atoms with E-state index in [4.69, 9.17) is 10.2 Å². The molecule has 0 radical (unpaired) electrons. The molecule has 1 aromatic carbocycles. The largest absolute Gasteiger partial charge is 0.481 e. The fourth-order valence-corrected chi connectivity index (χ4v) is 1.65. The molecule has 7 nitrogen and oxygen atoms in total. The van der Waals surface area contributed by atoms with Crippen LogP contribution in [0.2, 0.25) is 0 Å². The fraction of sp³-hybridized carbons (Fsp3) is 0.273. The lowest BCUT2D eigenvalue weighted by Gasteiger charge is -2.20. The van der Waals surface area contributed by atoms with Gasteiger partial charge in [-0.1, -0.05) is 30.3 Å². The number of hydrogen-bond donors (Lipinski definition) is 2. The van der Waals surface area contributed by atoms with Crippen LogP contribution in [0.5, 0.6) is 0 Å². The van der Waals surface area contributed by atoms with E-state index < -0.39 is 35.2 Å². The number of carboxylic acid groups (broad SMARTS) is 2. The molecule has 7 heteroatoms. The topological polar surface area (TPSA) is 118 Å². The van der Waals surface area contributed by atoms with E-state index in [9.17, 15) is 19.7 Å². The maximum atomic E-state index is 11.2. The van der Waals surface area contributed by atoms with Crippen LogP contribution in [0.15, 0.2) is 30.3 Å². The highest BCUT2D eigenvalue weighted by atomic mass is 16.6. The first-order valence-corrected chi connectivity index (χ1v) is 5.06. The molecule has 18 heavy (non-hydrogen) atoms. The van der Waals surface area contributed by atoms with E-state index in [1.54, 1.807) is 6.07 Å². The van der Waals surface area contributed by atoms with Crippen molar-refractivity contribution in [3.05, 3.63) is 46.0 Å². The summed E-state index contributed by atoms with van der Waals surface area (Å²) in [6.45, 7) is 0. The minimum absolute atomic E-state index is 0.0382. The van der Waals surface area contributed by atoms with E-state index in [1.807, 2.05) is 0 Å². The number of carbonyl (C=O) groups is 2. The summed E-state index contributed by atoms with van der Waals surface area (Å²) >= 11 is 0. The number of benzene rings is 1. The Morgan fingerprint density at radius 1 is 1.22 bits per heavy atom. The van der Waals surface area contributed by atoms with Crippen LogP contribution in [-0.2, 0) is 15.1 Å². The second kappa shape index (κ2) is 5.26. The maximum absolute atomic E-state index is 11.2. The Kier molecular flexibility index (Phi) is 3.98. The van der Waals surface area contributed by atoms with Gasteiger partial charge in [-0.2, -0.15) is 0 Å². The molecule has 0 aliphatic rings. The molecule has 0 heterocycles. The van der Waals surface area contributed by atoms with Crippen LogP contribution in [0.1, 0.15) is 18.4 Å². The van der Waals surface area contributed by atoms with Gasteiger partial charge in [-0.3, -0.25) is 14.9 Å². The number of nitrogens with zero attached hydrogens (tertiary/aromatic N) is 1. The molecular weight excluding hydrogens is 242 g/mol. The minimum Gasteiger partial charge on any atom is -0.481 e. The van der Waals surface area contributed by atoms with Gasteiger partial charge in [0.25, 0.3) is 0 Å². The average molecular weight is 253 g/mol. The molecule has 0 saturated heterocycles. The smallest absolute Gasteiger partial charge is 0.387 e. The first kappa shape index (κ1) is 13.6. The molecule has 1 aromatic rings. The van der Waals surface area contributed by atoms with E-state index in [2.05, 4.69) is 0 Å². The van der Waals surface area contributed by atoms with Gasteiger partial charge < -0.3 is 10.2 Å². The summed E-state index contributed by atoms with van der Waals surface area (Å²) in [6.07, 6.45) is -1.20. The van der Waals surface area contributed by atoms with Crippen LogP contribution in [0, 0.1) is 10.1 Å². The Morgan fingerprint density at radius 2 is 1.78 bits per heavy atom. The number of aliphatic carboxylic acids is 2. The third-order valence-electron chi connectivity index (χ3n) is 2.62. The summed E-state index contributed by atoms with van der Waals surface area (Å²) in [5.74, 6) is -2.95. The quantitative estimate of drug-likeness (QED) is 0.579. The second-order valence-corrected chi connectivity index (χ2v) is 3.68. The molecule has 0 amide bonds. The van der Waals surface area contributed by atoms with Gasteiger partial charge in [-0.25, -0.2) is 4.79 Å². The molecule has 0 saturated carbocycles. The third kappa shape index (κ3) is 2.45. The molecule has 1 atom stereocenters. The van der Waals surface area contributed by atoms with E-state index in [1.165, 1.54) is 24.3 Å². The Morgan fingerprint density at radius 3 is 2.17 bits per heavy atom. The summed E-state index contributed by atoms with van der Waals surface area (Å²) < 4.78 is 0. The number of carboxylic acids is 2. The number of hydrogen-bond acceptors (Lipinski definition) is 4. The molecular formula is C11H11NO6. The monoisotopic (exact) mass is 253 g/mol. The molecule has 0 aliphatic carbocycles. The molecule has 96 valence electrons. The Hall–Kier alpha value is -2.44. The van der Waals surface area contributed by atoms with Crippen molar-refractivity contribution in [1.29, 1.82) is 0 Å². The van der Waals surface area contributed by atoms with E-state index in [0.717, 1.165) is 0 Å². The van der Waals surface area contributed by atoms with E-state index in [-0.39, 0.29) is 5.56 Å². The fourth-order valence-electron chi connectivity index (χ4n) is 1.65. The van der Waals surface area contributed by atoms with Crippen molar-refractivity contribution in [3.8, 4) is 0 Å². The van der Waals surface area contributed by atoms with E-state index in [0.29, 0.717) is 0 Å². The number of rotatable bonds is 6. The van der Waals surface area contributed by atoms with Crippen LogP contribution in [-0.4, -0.2) is 27.1 Å². The zero-order chi connectivity index (χ0) is 13.8. The van der Waals surface area contributed by atoms with Crippen molar-refractivity contribution in [2.24, 2.45) is 0 Å². The van der Waals surface area contributed by atoms with Crippen molar-refractivity contribution in [2.45, 2.75) is 18.4 Å². The van der Waals surface area contributed by atoms with Gasteiger partial charge in [-0.15, -0.1) is 0 Å². The third-order valence-corrected chi connectivity index (χ3v) is 2.62. The molecule has 1 unspecified atom stereocenters. The average Bonchev–Trinajstić information content (AvgIpc) is 2.30. The van der Waals surface area contributed by atoms with Gasteiger partial charge in [0, 0.05) is 16.9 Å². The van der Waals surface area contributed by atoms with Gasteiger partial charge >= 0.3 is 17.5 Å². The highest BCUT2D eigenvalue weighted by Gasteiger charge is 2.53. The first-order valence-electron chi connectivity index (χ1n) is 5.06. The van der Waals surface area contributed by atoms with Crippen molar-refractivity contribution in [2.75, 3.05) is 0 Å². The summed E-state index contributed by atoms with van der Waals surface area (Å²) in [4.78, 5) is 31.9. The maximum Gasteiger partial charge on any atom is 0.387 e. The molecule has 1 rings (SSSR count). The van der Waals surface area contributed by atoms with Crippen molar-refractivity contribution < 1.29 is 24.7 Å². The molecule has 0 bridgehead atoms. The van der Waals surface area contributed by atoms with Crippen molar-refractivity contribution >= 4 is 11.9 Å². The van der Waals surface area contributed by atoms with Crippen LogP contribution in [0.3, 0.4) is 0 Å². The zero-order valence-electron chi connectivity index (χ0n) is 9.28. The molecule has 0 aliphatic heterocycles. The SMILES string of the molecule is O=C(O)CCC(C(=O)O)(c1ccccc1)[N+](=O)[O-]. The van der Waals surface area contributed by atoms with Gasteiger partial charge in [0.15, 0.2) is 0 Å². The van der Waals surface area contributed by atoms with E-state index >= 15 is 0 Å². The molecule has 0 aromatic heterocycles. The second-order valence-electron chi connectivity index (χ2n) is 3.68. The van der Waals surface area contributed by atoms with Crippen molar-refractivity contribution in [1.82, 2.24) is 0 Å². The molecule has 0 fully saturated rings. The van der Waals surface area contributed by atoms with Gasteiger partial charge in [-0.05, 0) is 0 Å². The van der Waals surface area contributed by atoms with Gasteiger partial charge in [0.1, 0.15) is 0 Å². The predicted octanol–water partition coefficient (Wildman–Crippen LogP) is 1.11. The van der Waals surface area contributed by atoms with Crippen molar-refractivity contribution in [3.63, 3.8) is 0 Å². The lowest BCUT2D eigenvalue weighted by Crippen LogP contribution is -2.44. The Balaban J connectivity index is 3.27. The highest BCUT2D eigenvalue weighted by Crippen LogP contribution is 2.30. The Bertz CT molecular complexity index is 456. The van der Waals surface area contributed by atoms with Crippen LogP contribution in [0.25, 0.3) is 0 Å². The van der Waals surface area contributed by atoms with Gasteiger partial charge in [0.05, 0.1) is 6.42 Å². The zero-order valence-corrected chi connectivity index (χ0v) is 9.28. The summed E-state index contributed by atoms with van der Waals surface area (Å²) in [6, 6.07) is 7.14. The molecule has 2 N–H and O–H groups in total. The first-order chi connectivity index (χ1) is 8.41. The highest BCUT2D eigenvalue weighted by molar-refractivity contribution is 5.80. The Labute approximate surface area is 102 Å². The van der Waals surface area contributed by atoms with Crippen LogP contribution < -0.4 is 0 Å².